The molecule has 0 bridgehead atoms. The third-order valence-electron chi connectivity index (χ3n) is 1.96. The van der Waals surface area contributed by atoms with E-state index in [1.165, 1.54) is 20.2 Å². The van der Waals surface area contributed by atoms with Gasteiger partial charge in [0.15, 0.2) is 0 Å². The average Bonchev–Trinajstić information content (AvgIpc) is 2.28. The number of rotatable bonds is 0. The Hall–Kier alpha value is -0.0300. The van der Waals surface area contributed by atoms with Gasteiger partial charge in [-0.3, -0.25) is 0 Å². The molecule has 3 heteroatoms. The first-order valence-corrected chi connectivity index (χ1v) is 5.49. The Labute approximate surface area is 92.8 Å². The third-order valence-corrected chi connectivity index (χ3v) is 3.53. The zero-order chi connectivity index (χ0) is 8.72. The number of aromatic amines is 1. The van der Waals surface area contributed by atoms with Crippen molar-refractivity contribution in [2.75, 3.05) is 0 Å². The molecule has 0 radical (unpaired) electrons. The standard InChI is InChI=1S/C9H7BrIN/c1-5-7-3-2-6(10)4-8(7)12-9(5)11/h2-4,12H,1H3. The number of nitrogens with one attached hydrogen (secondary N) is 1. The maximum absolute atomic E-state index is 3.44. The van der Waals surface area contributed by atoms with Crippen LogP contribution in [0.3, 0.4) is 0 Å². The highest BCUT2D eigenvalue weighted by atomic mass is 127. The van der Waals surface area contributed by atoms with Crippen LogP contribution >= 0.6 is 38.5 Å². The summed E-state index contributed by atoms with van der Waals surface area (Å²) in [7, 11) is 0. The topological polar surface area (TPSA) is 15.8 Å². The van der Waals surface area contributed by atoms with Crippen LogP contribution in [-0.4, -0.2) is 4.98 Å². The number of hydrogen-bond acceptors (Lipinski definition) is 0. The molecule has 1 aromatic heterocycles. The molecule has 0 saturated heterocycles. The molecule has 0 aliphatic heterocycles. The zero-order valence-corrected chi connectivity index (χ0v) is 10.2. The normalized spacial score (nSPS) is 10.9. The molecule has 1 N–H and O–H groups in total. The van der Waals surface area contributed by atoms with Crippen molar-refractivity contribution in [3.05, 3.63) is 31.9 Å². The van der Waals surface area contributed by atoms with Crippen LogP contribution < -0.4 is 0 Å². The van der Waals surface area contributed by atoms with Gasteiger partial charge in [-0.15, -0.1) is 0 Å². The van der Waals surface area contributed by atoms with Crippen molar-refractivity contribution in [3.63, 3.8) is 0 Å². The fourth-order valence-corrected chi connectivity index (χ4v) is 2.22. The molecule has 1 heterocycles. The Morgan fingerprint density at radius 3 is 2.92 bits per heavy atom. The van der Waals surface area contributed by atoms with Gasteiger partial charge in [0.05, 0.1) is 3.70 Å². The number of fused-ring (bicyclic) bond motifs is 1. The van der Waals surface area contributed by atoms with Crippen LogP contribution in [0.2, 0.25) is 0 Å². The monoisotopic (exact) mass is 335 g/mol. The van der Waals surface area contributed by atoms with Gasteiger partial charge in [0.1, 0.15) is 0 Å². The minimum atomic E-state index is 1.12. The summed E-state index contributed by atoms with van der Waals surface area (Å²) in [5.74, 6) is 0. The van der Waals surface area contributed by atoms with E-state index in [1.54, 1.807) is 0 Å². The summed E-state index contributed by atoms with van der Waals surface area (Å²) in [5.41, 5.74) is 2.53. The zero-order valence-electron chi connectivity index (χ0n) is 6.49. The van der Waals surface area contributed by atoms with Crippen LogP contribution in [0, 0.1) is 10.6 Å². The van der Waals surface area contributed by atoms with Crippen molar-refractivity contribution in [2.24, 2.45) is 0 Å². The molecule has 0 unspecified atom stereocenters. The van der Waals surface area contributed by atoms with E-state index in [9.17, 15) is 0 Å². The highest BCUT2D eigenvalue weighted by Gasteiger charge is 2.03. The molecule has 0 saturated carbocycles. The van der Waals surface area contributed by atoms with Crippen molar-refractivity contribution >= 4 is 49.4 Å². The lowest BCUT2D eigenvalue weighted by Gasteiger charge is -1.91. The van der Waals surface area contributed by atoms with Gasteiger partial charge in [0.25, 0.3) is 0 Å². The first-order valence-electron chi connectivity index (χ1n) is 3.62. The molecular formula is C9H7BrIN. The van der Waals surface area contributed by atoms with Crippen LogP contribution in [0.5, 0.6) is 0 Å². The second kappa shape index (κ2) is 3.03. The summed E-state index contributed by atoms with van der Waals surface area (Å²) in [5, 5.41) is 1.31. The predicted octanol–water partition coefficient (Wildman–Crippen LogP) is 3.84. The maximum atomic E-state index is 3.44. The molecule has 1 aromatic carbocycles. The van der Waals surface area contributed by atoms with Gasteiger partial charge in [-0.2, -0.15) is 0 Å². The number of halogens is 2. The summed E-state index contributed by atoms with van der Waals surface area (Å²) in [6, 6.07) is 6.30. The lowest BCUT2D eigenvalue weighted by molar-refractivity contribution is 1.35. The summed E-state index contributed by atoms with van der Waals surface area (Å²) in [6.07, 6.45) is 0. The number of hydrogen-bond donors (Lipinski definition) is 1. The van der Waals surface area contributed by atoms with Crippen LogP contribution in [0.15, 0.2) is 22.7 Å². The minimum Gasteiger partial charge on any atom is -0.350 e. The highest BCUT2D eigenvalue weighted by molar-refractivity contribution is 14.1. The van der Waals surface area contributed by atoms with Gasteiger partial charge in [-0.25, -0.2) is 0 Å². The third kappa shape index (κ3) is 1.29. The van der Waals surface area contributed by atoms with E-state index in [-0.39, 0.29) is 0 Å². The highest BCUT2D eigenvalue weighted by Crippen LogP contribution is 2.25. The molecule has 2 aromatic rings. The molecule has 0 fully saturated rings. The summed E-state index contributed by atoms with van der Waals surface area (Å²) in [4.78, 5) is 3.32. The Morgan fingerprint density at radius 1 is 1.42 bits per heavy atom. The number of aryl methyl sites for hydroxylation is 1. The number of aromatic nitrogens is 1. The Bertz CT molecular complexity index is 433. The van der Waals surface area contributed by atoms with Crippen molar-refractivity contribution in [1.29, 1.82) is 0 Å². The lowest BCUT2D eigenvalue weighted by atomic mass is 10.2. The summed E-state index contributed by atoms with van der Waals surface area (Å²) >= 11 is 5.76. The van der Waals surface area contributed by atoms with Gasteiger partial charge < -0.3 is 4.98 Å². The van der Waals surface area contributed by atoms with E-state index >= 15 is 0 Å². The molecule has 0 aliphatic carbocycles. The summed E-state index contributed by atoms with van der Waals surface area (Å²) in [6.45, 7) is 2.13. The minimum absolute atomic E-state index is 1.12. The van der Waals surface area contributed by atoms with E-state index in [2.05, 4.69) is 68.6 Å². The van der Waals surface area contributed by atoms with Gasteiger partial charge in [0, 0.05) is 15.4 Å². The molecule has 12 heavy (non-hydrogen) atoms. The van der Waals surface area contributed by atoms with Gasteiger partial charge in [-0.1, -0.05) is 22.0 Å². The van der Waals surface area contributed by atoms with Gasteiger partial charge >= 0.3 is 0 Å². The first-order chi connectivity index (χ1) is 5.68. The molecule has 0 aliphatic rings. The molecule has 0 amide bonds. The van der Waals surface area contributed by atoms with E-state index in [1.807, 2.05) is 0 Å². The fourth-order valence-electron chi connectivity index (χ4n) is 1.28. The van der Waals surface area contributed by atoms with Crippen LogP contribution in [0.1, 0.15) is 5.56 Å². The molecule has 0 spiro atoms. The Kier molecular flexibility index (Phi) is 2.16. The molecule has 0 atom stereocenters. The van der Waals surface area contributed by atoms with E-state index < -0.39 is 0 Å². The smallest absolute Gasteiger partial charge is 0.0812 e. The second-order valence-electron chi connectivity index (χ2n) is 2.75. The van der Waals surface area contributed by atoms with Crippen LogP contribution in [-0.2, 0) is 0 Å². The molecule has 62 valence electrons. The van der Waals surface area contributed by atoms with Crippen molar-refractivity contribution in [1.82, 2.24) is 4.98 Å². The molecule has 1 nitrogen and oxygen atoms in total. The molecule has 2 rings (SSSR count). The van der Waals surface area contributed by atoms with Crippen molar-refractivity contribution in [2.45, 2.75) is 6.92 Å². The quantitative estimate of drug-likeness (QED) is 0.704. The van der Waals surface area contributed by atoms with Gasteiger partial charge in [-0.05, 0) is 47.2 Å². The summed E-state index contributed by atoms with van der Waals surface area (Å²) < 4.78 is 2.34. The second-order valence-corrected chi connectivity index (χ2v) is 4.75. The van der Waals surface area contributed by atoms with E-state index in [0.717, 1.165) is 4.47 Å². The lowest BCUT2D eigenvalue weighted by Crippen LogP contribution is -1.69. The van der Waals surface area contributed by atoms with Crippen molar-refractivity contribution < 1.29 is 0 Å². The Balaban J connectivity index is 2.87. The SMILES string of the molecule is Cc1c(I)[nH]c2cc(Br)ccc12. The average molecular weight is 336 g/mol. The van der Waals surface area contributed by atoms with Crippen LogP contribution in [0.4, 0.5) is 0 Å². The fraction of sp³-hybridized carbons (Fsp3) is 0.111. The van der Waals surface area contributed by atoms with E-state index in [4.69, 9.17) is 0 Å². The van der Waals surface area contributed by atoms with Gasteiger partial charge in [0.2, 0.25) is 0 Å². The maximum Gasteiger partial charge on any atom is 0.0812 e. The Morgan fingerprint density at radius 2 is 2.17 bits per heavy atom. The van der Waals surface area contributed by atoms with Crippen molar-refractivity contribution in [3.8, 4) is 0 Å². The number of benzene rings is 1. The number of H-pyrrole nitrogens is 1. The predicted molar refractivity (Wildman–Crippen MR) is 63.5 cm³/mol. The van der Waals surface area contributed by atoms with Crippen LogP contribution in [0.25, 0.3) is 10.9 Å². The first kappa shape index (κ1) is 8.56. The van der Waals surface area contributed by atoms with E-state index in [0.29, 0.717) is 0 Å². The largest absolute Gasteiger partial charge is 0.350 e. The molecular weight excluding hydrogens is 329 g/mol.